The molecule has 4 N–H and O–H groups in total. The van der Waals surface area contributed by atoms with Gasteiger partial charge in [0.2, 0.25) is 0 Å². The van der Waals surface area contributed by atoms with Gasteiger partial charge in [-0.3, -0.25) is 5.41 Å². The van der Waals surface area contributed by atoms with Crippen molar-refractivity contribution in [3.8, 4) is 5.75 Å². The maximum Gasteiger partial charge on any atom is 0.422 e. The number of nitrogens with two attached hydrogens (primary N) is 1. The summed E-state index contributed by atoms with van der Waals surface area (Å²) >= 11 is 1.24. The molecule has 1 unspecified atom stereocenters. The van der Waals surface area contributed by atoms with Crippen LogP contribution in [0.3, 0.4) is 0 Å². The van der Waals surface area contributed by atoms with E-state index in [9.17, 15) is 13.2 Å². The molecule has 6 nitrogen and oxygen atoms in total. The molecule has 2 aliphatic heterocycles. The molecule has 2 aliphatic rings. The van der Waals surface area contributed by atoms with E-state index in [2.05, 4.69) is 5.32 Å². The highest BCUT2D eigenvalue weighted by molar-refractivity contribution is 8.05. The number of methoxy groups -OCH3 is 1. The van der Waals surface area contributed by atoms with Crippen LogP contribution < -0.4 is 20.7 Å². The van der Waals surface area contributed by atoms with Gasteiger partial charge in [-0.05, 0) is 37.3 Å². The number of benzene rings is 1. The van der Waals surface area contributed by atoms with E-state index in [1.807, 2.05) is 0 Å². The zero-order chi connectivity index (χ0) is 20.5. The Morgan fingerprint density at radius 1 is 1.29 bits per heavy atom. The summed E-state index contributed by atoms with van der Waals surface area (Å²) < 4.78 is 47.5. The van der Waals surface area contributed by atoms with E-state index in [0.717, 1.165) is 0 Å². The molecule has 28 heavy (non-hydrogen) atoms. The van der Waals surface area contributed by atoms with Gasteiger partial charge in [-0.25, -0.2) is 0 Å². The van der Waals surface area contributed by atoms with Gasteiger partial charge in [0.25, 0.3) is 0 Å². The summed E-state index contributed by atoms with van der Waals surface area (Å²) in [6, 6.07) is 7.11. The molecule has 150 valence electrons. The van der Waals surface area contributed by atoms with Crippen molar-refractivity contribution in [2.45, 2.75) is 18.6 Å². The largest absolute Gasteiger partial charge is 0.497 e. The number of dihydropyridines is 1. The summed E-state index contributed by atoms with van der Waals surface area (Å²) in [6.07, 6.45) is -1.52. The average Bonchev–Trinajstić information content (AvgIpc) is 2.94. The molecule has 1 aromatic rings. The predicted octanol–water partition coefficient (Wildman–Crippen LogP) is 3.65. The number of thioether (sulfide) groups is 1. The lowest BCUT2D eigenvalue weighted by Crippen LogP contribution is -2.37. The normalized spacial score (nSPS) is 22.6. The van der Waals surface area contributed by atoms with Crippen molar-refractivity contribution >= 4 is 23.3 Å². The lowest BCUT2D eigenvalue weighted by Gasteiger charge is -2.22. The lowest BCUT2D eigenvalue weighted by molar-refractivity contribution is -0.164. The molecule has 10 heteroatoms. The van der Waals surface area contributed by atoms with Crippen LogP contribution in [-0.4, -0.2) is 31.2 Å². The quantitative estimate of drug-likeness (QED) is 0.700. The van der Waals surface area contributed by atoms with E-state index in [-0.39, 0.29) is 11.6 Å². The number of hydrogen-bond donors (Lipinski definition) is 3. The SMILES string of the molecule is COc1ccc(N2C(=N)C(=C3NC=CC(OCC(F)(F)F)=C3C)SC2N)cc1. The van der Waals surface area contributed by atoms with Crippen molar-refractivity contribution in [2.75, 3.05) is 18.6 Å². The molecule has 0 saturated carbocycles. The Morgan fingerprint density at radius 2 is 1.96 bits per heavy atom. The second kappa shape index (κ2) is 7.80. The molecule has 2 heterocycles. The Hall–Kier alpha value is -2.59. The molecule has 0 aromatic heterocycles. The maximum absolute atomic E-state index is 12.5. The van der Waals surface area contributed by atoms with Gasteiger partial charge < -0.3 is 25.4 Å². The number of allylic oxidation sites excluding steroid dienone is 2. The molecule has 0 radical (unpaired) electrons. The first-order valence-electron chi connectivity index (χ1n) is 8.24. The molecule has 0 aliphatic carbocycles. The van der Waals surface area contributed by atoms with Crippen LogP contribution in [0.1, 0.15) is 6.92 Å². The van der Waals surface area contributed by atoms with Crippen LogP contribution >= 0.6 is 11.8 Å². The molecule has 0 bridgehead atoms. The fraction of sp³-hybridized carbons (Fsp3) is 0.278. The van der Waals surface area contributed by atoms with E-state index < -0.39 is 18.3 Å². The number of halogens is 3. The summed E-state index contributed by atoms with van der Waals surface area (Å²) in [5.74, 6) is 0.928. The molecule has 3 rings (SSSR count). The van der Waals surface area contributed by atoms with Gasteiger partial charge >= 0.3 is 6.18 Å². The first-order valence-corrected chi connectivity index (χ1v) is 9.12. The zero-order valence-electron chi connectivity index (χ0n) is 15.1. The first kappa shape index (κ1) is 20.2. The fourth-order valence-corrected chi connectivity index (χ4v) is 3.88. The molecule has 0 amide bonds. The number of ether oxygens (including phenoxy) is 2. The lowest BCUT2D eigenvalue weighted by atomic mass is 10.1. The molecule has 1 saturated heterocycles. The number of alkyl halides is 3. The Bertz CT molecular complexity index is 863. The van der Waals surface area contributed by atoms with Crippen LogP contribution in [0.2, 0.25) is 0 Å². The number of rotatable bonds is 4. The molecular formula is C18H19F3N4O2S. The maximum atomic E-state index is 12.5. The Morgan fingerprint density at radius 3 is 2.57 bits per heavy atom. The summed E-state index contributed by atoms with van der Waals surface area (Å²) in [7, 11) is 1.56. The van der Waals surface area contributed by atoms with Crippen molar-refractivity contribution in [3.63, 3.8) is 0 Å². The van der Waals surface area contributed by atoms with Gasteiger partial charge in [0, 0.05) is 17.5 Å². The van der Waals surface area contributed by atoms with Gasteiger partial charge in [-0.1, -0.05) is 11.8 Å². The summed E-state index contributed by atoms with van der Waals surface area (Å²) in [5.41, 5.74) is 7.34. The summed E-state index contributed by atoms with van der Waals surface area (Å²) in [5, 5.41) is 11.5. The zero-order valence-corrected chi connectivity index (χ0v) is 15.9. The highest BCUT2D eigenvalue weighted by atomic mass is 32.2. The molecule has 1 fully saturated rings. The van der Waals surface area contributed by atoms with Gasteiger partial charge in [0.1, 0.15) is 22.8 Å². The summed E-state index contributed by atoms with van der Waals surface area (Å²) in [4.78, 5) is 2.16. The van der Waals surface area contributed by atoms with E-state index in [4.69, 9.17) is 20.6 Å². The highest BCUT2D eigenvalue weighted by Gasteiger charge is 2.36. The molecular weight excluding hydrogens is 393 g/mol. The standard InChI is InChI=1S/C18H19F3N4O2S/c1-10-13(27-9-18(19,20)21)7-8-24-14(10)15-16(22)25(17(23)28-15)11-3-5-12(26-2)6-4-11/h3-8,17,22,24H,9,23H2,1-2H3. The van der Waals surface area contributed by atoms with Gasteiger partial charge in [0.15, 0.2) is 6.61 Å². The number of anilines is 1. The van der Waals surface area contributed by atoms with Crippen molar-refractivity contribution in [1.29, 1.82) is 5.41 Å². The van der Waals surface area contributed by atoms with E-state index in [1.54, 1.807) is 43.2 Å². The van der Waals surface area contributed by atoms with E-state index >= 15 is 0 Å². The van der Waals surface area contributed by atoms with Crippen molar-refractivity contribution in [3.05, 3.63) is 58.5 Å². The highest BCUT2D eigenvalue weighted by Crippen LogP contribution is 2.40. The number of hydrogen-bond acceptors (Lipinski definition) is 6. The topological polar surface area (TPSA) is 83.6 Å². The second-order valence-corrected chi connectivity index (χ2v) is 7.13. The van der Waals surface area contributed by atoms with Crippen LogP contribution in [0.5, 0.6) is 5.75 Å². The first-order chi connectivity index (χ1) is 13.2. The Kier molecular flexibility index (Phi) is 5.61. The van der Waals surface area contributed by atoms with Crippen LogP contribution in [0.15, 0.2) is 58.5 Å². The fourth-order valence-electron chi connectivity index (χ4n) is 2.77. The third-order valence-electron chi connectivity index (χ3n) is 4.13. The van der Waals surface area contributed by atoms with Crippen molar-refractivity contribution in [1.82, 2.24) is 5.32 Å². The number of nitrogens with one attached hydrogen (secondary N) is 2. The van der Waals surface area contributed by atoms with Crippen LogP contribution in [-0.2, 0) is 4.74 Å². The molecule has 1 aromatic carbocycles. The van der Waals surface area contributed by atoms with Crippen LogP contribution in [0, 0.1) is 5.41 Å². The smallest absolute Gasteiger partial charge is 0.422 e. The van der Waals surface area contributed by atoms with Crippen molar-refractivity contribution < 1.29 is 22.6 Å². The van der Waals surface area contributed by atoms with Crippen LogP contribution in [0.25, 0.3) is 0 Å². The van der Waals surface area contributed by atoms with E-state index in [0.29, 0.717) is 27.6 Å². The van der Waals surface area contributed by atoms with Crippen molar-refractivity contribution in [2.24, 2.45) is 5.73 Å². The Balaban J connectivity index is 1.89. The predicted molar refractivity (Wildman–Crippen MR) is 103 cm³/mol. The van der Waals surface area contributed by atoms with Gasteiger partial charge in [-0.15, -0.1) is 0 Å². The van der Waals surface area contributed by atoms with E-state index in [1.165, 1.54) is 24.0 Å². The Labute approximate surface area is 164 Å². The third-order valence-corrected chi connectivity index (χ3v) is 5.21. The average molecular weight is 412 g/mol. The number of amidine groups is 1. The van der Waals surface area contributed by atoms with Gasteiger partial charge in [0.05, 0.1) is 17.7 Å². The minimum atomic E-state index is -4.43. The minimum Gasteiger partial charge on any atom is -0.497 e. The number of nitrogens with zero attached hydrogens (tertiary/aromatic N) is 1. The summed E-state index contributed by atoms with van der Waals surface area (Å²) in [6.45, 7) is 0.259. The third kappa shape index (κ3) is 4.12. The van der Waals surface area contributed by atoms with Gasteiger partial charge in [-0.2, -0.15) is 13.2 Å². The monoisotopic (exact) mass is 412 g/mol. The second-order valence-electron chi connectivity index (χ2n) is 6.00. The molecule has 1 atom stereocenters. The van der Waals surface area contributed by atoms with Crippen LogP contribution in [0.4, 0.5) is 18.9 Å². The molecule has 0 spiro atoms. The minimum absolute atomic E-state index is 0.100.